The van der Waals surface area contributed by atoms with Gasteiger partial charge in [-0.25, -0.2) is 4.99 Å². The number of carbonyl (C=O) groups excluding carboxylic acids is 1. The predicted molar refractivity (Wildman–Crippen MR) is 123 cm³/mol. The lowest BCUT2D eigenvalue weighted by Gasteiger charge is -2.42. The lowest BCUT2D eigenvalue weighted by molar-refractivity contribution is -0.136. The van der Waals surface area contributed by atoms with Gasteiger partial charge in [0.25, 0.3) is 0 Å². The van der Waals surface area contributed by atoms with Crippen LogP contribution in [0.15, 0.2) is 47.5 Å². The Morgan fingerprint density at radius 2 is 1.94 bits per heavy atom. The summed E-state index contributed by atoms with van der Waals surface area (Å²) in [6.07, 6.45) is 0.555. The second kappa shape index (κ2) is 8.25. The van der Waals surface area contributed by atoms with Gasteiger partial charge in [0.15, 0.2) is 5.75 Å². The van der Waals surface area contributed by atoms with Gasteiger partial charge in [0, 0.05) is 32.1 Å². The number of piperazine rings is 1. The molecule has 0 saturated carbocycles. The van der Waals surface area contributed by atoms with Crippen molar-refractivity contribution in [2.45, 2.75) is 40.2 Å². The van der Waals surface area contributed by atoms with Crippen molar-refractivity contribution in [2.24, 2.45) is 10.4 Å². The van der Waals surface area contributed by atoms with E-state index in [2.05, 4.69) is 32.6 Å². The molecule has 2 aromatic carbocycles. The second-order valence-electron chi connectivity index (χ2n) is 9.49. The van der Waals surface area contributed by atoms with E-state index in [1.807, 2.05) is 47.4 Å². The molecule has 31 heavy (non-hydrogen) atoms. The summed E-state index contributed by atoms with van der Waals surface area (Å²) in [5, 5.41) is 0. The quantitative estimate of drug-likeness (QED) is 0.696. The van der Waals surface area contributed by atoms with Crippen molar-refractivity contribution in [2.75, 3.05) is 26.7 Å². The summed E-state index contributed by atoms with van der Waals surface area (Å²) in [6, 6.07) is 13.7. The molecule has 1 atom stereocenters. The third-order valence-electron chi connectivity index (χ3n) is 5.67. The molecule has 1 saturated heterocycles. The highest BCUT2D eigenvalue weighted by Gasteiger charge is 2.32. The van der Waals surface area contributed by atoms with E-state index in [9.17, 15) is 4.79 Å². The molecule has 2 heterocycles. The van der Waals surface area contributed by atoms with Crippen LogP contribution in [0.3, 0.4) is 0 Å². The van der Waals surface area contributed by atoms with Crippen LogP contribution < -0.4 is 9.47 Å². The van der Waals surface area contributed by atoms with E-state index in [1.165, 1.54) is 0 Å². The maximum atomic E-state index is 12.8. The van der Waals surface area contributed by atoms with E-state index >= 15 is 0 Å². The van der Waals surface area contributed by atoms with Crippen LogP contribution in [0.25, 0.3) is 0 Å². The zero-order valence-electron chi connectivity index (χ0n) is 19.0. The summed E-state index contributed by atoms with van der Waals surface area (Å²) in [5.74, 6) is 3.32. The predicted octanol–water partition coefficient (Wildman–Crippen LogP) is 4.85. The van der Waals surface area contributed by atoms with Crippen LogP contribution in [0, 0.1) is 5.41 Å². The average Bonchev–Trinajstić information content (AvgIpc) is 2.88. The zero-order valence-corrected chi connectivity index (χ0v) is 19.0. The first-order chi connectivity index (χ1) is 14.7. The molecule has 1 fully saturated rings. The number of amides is 1. The summed E-state index contributed by atoms with van der Waals surface area (Å²) in [6.45, 7) is 10.5. The van der Waals surface area contributed by atoms with E-state index < -0.39 is 0 Å². The van der Waals surface area contributed by atoms with Crippen LogP contribution >= 0.6 is 0 Å². The Kier molecular flexibility index (Phi) is 5.65. The van der Waals surface area contributed by atoms with E-state index in [0.717, 1.165) is 40.9 Å². The number of nitrogens with zero attached hydrogens (tertiary/aromatic N) is 3. The fourth-order valence-electron chi connectivity index (χ4n) is 4.15. The third-order valence-corrected chi connectivity index (χ3v) is 5.67. The molecule has 1 amide bonds. The van der Waals surface area contributed by atoms with Crippen molar-refractivity contribution < 1.29 is 14.3 Å². The van der Waals surface area contributed by atoms with Gasteiger partial charge in [0.1, 0.15) is 23.0 Å². The minimum absolute atomic E-state index is 0.0180. The molecular formula is C25H31N3O3. The normalized spacial score (nSPS) is 18.4. The molecule has 0 N–H and O–H groups in total. The highest BCUT2D eigenvalue weighted by molar-refractivity contribution is 6.04. The number of para-hydroxylation sites is 2. The minimum Gasteiger partial charge on any atom is -0.497 e. The molecule has 4 rings (SSSR count). The van der Waals surface area contributed by atoms with Crippen molar-refractivity contribution in [3.05, 3.63) is 48.0 Å². The van der Waals surface area contributed by atoms with E-state index in [1.54, 1.807) is 7.11 Å². The summed E-state index contributed by atoms with van der Waals surface area (Å²) in [4.78, 5) is 22.1. The largest absolute Gasteiger partial charge is 0.497 e. The third kappa shape index (κ3) is 4.53. The first-order valence-corrected chi connectivity index (χ1v) is 10.8. The maximum Gasteiger partial charge on any atom is 0.223 e. The average molecular weight is 422 g/mol. The molecule has 2 aliphatic rings. The number of aliphatic imine (C=N–C) groups is 1. The molecule has 2 aliphatic heterocycles. The van der Waals surface area contributed by atoms with E-state index in [-0.39, 0.29) is 17.4 Å². The summed E-state index contributed by atoms with van der Waals surface area (Å²) in [7, 11) is 1.66. The van der Waals surface area contributed by atoms with Crippen LogP contribution in [0.1, 0.15) is 39.7 Å². The van der Waals surface area contributed by atoms with Gasteiger partial charge in [0.05, 0.1) is 12.7 Å². The molecule has 6 heteroatoms. The van der Waals surface area contributed by atoms with E-state index in [0.29, 0.717) is 19.5 Å². The lowest BCUT2D eigenvalue weighted by atomic mass is 9.91. The standard InChI is InChI=1S/C25H31N3O3/c1-17-16-27(12-13-28(17)23(29)15-25(2,3)4)24-19-14-18(30-5)10-11-21(19)31-22-9-7-6-8-20(22)26-24/h6-11,14,17H,12-13,15-16H2,1-5H3/t17-/m0/s1. The summed E-state index contributed by atoms with van der Waals surface area (Å²) < 4.78 is 11.7. The zero-order chi connectivity index (χ0) is 22.2. The van der Waals surface area contributed by atoms with Gasteiger partial charge in [-0.05, 0) is 42.7 Å². The molecule has 164 valence electrons. The number of carbonyl (C=O) groups is 1. The monoisotopic (exact) mass is 421 g/mol. The topological polar surface area (TPSA) is 54.4 Å². The van der Waals surface area contributed by atoms with Crippen molar-refractivity contribution in [3.63, 3.8) is 0 Å². The van der Waals surface area contributed by atoms with Gasteiger partial charge in [0.2, 0.25) is 5.91 Å². The van der Waals surface area contributed by atoms with Crippen LogP contribution in [-0.4, -0.2) is 54.3 Å². The highest BCUT2D eigenvalue weighted by atomic mass is 16.5. The molecule has 2 aromatic rings. The molecule has 0 unspecified atom stereocenters. The number of rotatable bonds is 2. The van der Waals surface area contributed by atoms with Crippen molar-refractivity contribution in [1.82, 2.24) is 9.80 Å². The summed E-state index contributed by atoms with van der Waals surface area (Å²) in [5.41, 5.74) is 1.68. The van der Waals surface area contributed by atoms with Crippen molar-refractivity contribution in [1.29, 1.82) is 0 Å². The number of fused-ring (bicyclic) bond motifs is 2. The molecular weight excluding hydrogens is 390 g/mol. The maximum absolute atomic E-state index is 12.8. The number of benzene rings is 2. The van der Waals surface area contributed by atoms with Crippen molar-refractivity contribution >= 4 is 17.4 Å². The number of hydrogen-bond acceptors (Lipinski definition) is 5. The fraction of sp³-hybridized carbons (Fsp3) is 0.440. The van der Waals surface area contributed by atoms with Crippen LogP contribution in [0.4, 0.5) is 5.69 Å². The Labute approximate surface area is 184 Å². The van der Waals surface area contributed by atoms with Gasteiger partial charge in [-0.2, -0.15) is 0 Å². The number of hydrogen-bond donors (Lipinski definition) is 0. The Hall–Kier alpha value is -3.02. The van der Waals surface area contributed by atoms with Gasteiger partial charge < -0.3 is 19.3 Å². The van der Waals surface area contributed by atoms with Gasteiger partial charge in [-0.3, -0.25) is 4.79 Å². The number of amidine groups is 1. The molecule has 0 bridgehead atoms. The highest BCUT2D eigenvalue weighted by Crippen LogP contribution is 2.39. The Morgan fingerprint density at radius 3 is 2.65 bits per heavy atom. The SMILES string of the molecule is COc1ccc2c(c1)C(N1CCN(C(=O)CC(C)(C)C)[C@@H](C)C1)=Nc1ccccc1O2. The minimum atomic E-state index is -0.0180. The van der Waals surface area contributed by atoms with Crippen LogP contribution in [0.2, 0.25) is 0 Å². The van der Waals surface area contributed by atoms with Crippen LogP contribution in [0.5, 0.6) is 17.2 Å². The molecule has 0 radical (unpaired) electrons. The number of ether oxygens (including phenoxy) is 2. The molecule has 0 spiro atoms. The van der Waals surface area contributed by atoms with Crippen molar-refractivity contribution in [3.8, 4) is 17.2 Å². The number of methoxy groups -OCH3 is 1. The Bertz CT molecular complexity index is 1010. The van der Waals surface area contributed by atoms with Gasteiger partial charge >= 0.3 is 0 Å². The van der Waals surface area contributed by atoms with Crippen LogP contribution in [-0.2, 0) is 4.79 Å². The molecule has 0 aromatic heterocycles. The van der Waals surface area contributed by atoms with E-state index in [4.69, 9.17) is 14.5 Å². The molecule has 6 nitrogen and oxygen atoms in total. The molecule has 0 aliphatic carbocycles. The lowest BCUT2D eigenvalue weighted by Crippen LogP contribution is -2.56. The Balaban J connectivity index is 1.66. The summed E-state index contributed by atoms with van der Waals surface area (Å²) >= 11 is 0. The van der Waals surface area contributed by atoms with Gasteiger partial charge in [-0.1, -0.05) is 32.9 Å². The fourth-order valence-corrected chi connectivity index (χ4v) is 4.15. The smallest absolute Gasteiger partial charge is 0.223 e. The van der Waals surface area contributed by atoms with Gasteiger partial charge in [-0.15, -0.1) is 0 Å². The second-order valence-corrected chi connectivity index (χ2v) is 9.49. The Morgan fingerprint density at radius 1 is 1.16 bits per heavy atom. The first kappa shape index (κ1) is 21.2. The first-order valence-electron chi connectivity index (χ1n) is 10.8.